The maximum Gasteiger partial charge on any atom is 0.0992 e. The molecule has 4 heteroatoms. The Morgan fingerprint density at radius 3 is 2.84 bits per heavy atom. The van der Waals surface area contributed by atoms with Gasteiger partial charge in [0.05, 0.1) is 30.4 Å². The summed E-state index contributed by atoms with van der Waals surface area (Å²) < 4.78 is 0. The highest BCUT2D eigenvalue weighted by atomic mass is 16.3. The largest absolute Gasteiger partial charge is 0.394 e. The van der Waals surface area contributed by atoms with Gasteiger partial charge in [0.1, 0.15) is 0 Å². The number of hydrogen-bond acceptors (Lipinski definition) is 4. The van der Waals surface area contributed by atoms with Crippen LogP contribution >= 0.6 is 0 Å². The van der Waals surface area contributed by atoms with Crippen molar-refractivity contribution in [2.24, 2.45) is 5.92 Å². The van der Waals surface area contributed by atoms with Gasteiger partial charge in [-0.05, 0) is 31.4 Å². The lowest BCUT2D eigenvalue weighted by Gasteiger charge is -2.30. The molecule has 0 saturated carbocycles. The van der Waals surface area contributed by atoms with Crippen molar-refractivity contribution >= 4 is 5.69 Å². The molecule has 0 aliphatic carbocycles. The first-order chi connectivity index (χ1) is 9.08. The molecule has 2 rings (SSSR count). The van der Waals surface area contributed by atoms with E-state index in [1.807, 2.05) is 6.07 Å². The molecule has 0 aromatic heterocycles. The van der Waals surface area contributed by atoms with E-state index in [9.17, 15) is 10.2 Å². The lowest BCUT2D eigenvalue weighted by Crippen LogP contribution is -2.36. The van der Waals surface area contributed by atoms with Gasteiger partial charge in [-0.15, -0.1) is 0 Å². The average molecular weight is 260 g/mol. The molecule has 0 amide bonds. The van der Waals surface area contributed by atoms with E-state index in [2.05, 4.69) is 17.9 Å². The van der Waals surface area contributed by atoms with Crippen LogP contribution in [0.2, 0.25) is 0 Å². The minimum atomic E-state index is -0.585. The molecule has 0 radical (unpaired) electrons. The summed E-state index contributed by atoms with van der Waals surface area (Å²) >= 11 is 0. The van der Waals surface area contributed by atoms with Crippen LogP contribution in [0.15, 0.2) is 18.2 Å². The summed E-state index contributed by atoms with van der Waals surface area (Å²) in [5, 5.41) is 28.5. The molecular formula is C15H20N2O2. The summed E-state index contributed by atoms with van der Waals surface area (Å²) in [6.07, 6.45) is 0.430. The van der Waals surface area contributed by atoms with Crippen molar-refractivity contribution in [1.82, 2.24) is 0 Å². The minimum Gasteiger partial charge on any atom is -0.394 e. The van der Waals surface area contributed by atoms with Crippen molar-refractivity contribution in [3.8, 4) is 6.07 Å². The van der Waals surface area contributed by atoms with Gasteiger partial charge in [0.15, 0.2) is 0 Å². The SMILES string of the molecule is CC1CCN(c2cc(C#N)ccc2[C@@H](C)O)C1CO. The summed E-state index contributed by atoms with van der Waals surface area (Å²) in [6.45, 7) is 4.79. The quantitative estimate of drug-likeness (QED) is 0.870. The fourth-order valence-corrected chi connectivity index (χ4v) is 2.80. The first kappa shape index (κ1) is 13.9. The highest BCUT2D eigenvalue weighted by Crippen LogP contribution is 2.34. The van der Waals surface area contributed by atoms with E-state index in [4.69, 9.17) is 5.26 Å². The van der Waals surface area contributed by atoms with E-state index in [0.717, 1.165) is 24.2 Å². The summed E-state index contributed by atoms with van der Waals surface area (Å²) in [5.41, 5.74) is 2.26. The smallest absolute Gasteiger partial charge is 0.0992 e. The van der Waals surface area contributed by atoms with Crippen LogP contribution in [0, 0.1) is 17.2 Å². The number of nitrogens with zero attached hydrogens (tertiary/aromatic N) is 2. The standard InChI is InChI=1S/C15H20N2O2/c1-10-5-6-17(15(10)9-18)14-7-12(8-16)3-4-13(14)11(2)19/h3-4,7,10-11,15,18-19H,5-6,9H2,1-2H3/t10?,11-,15?/m1/s1. The molecule has 0 bridgehead atoms. The summed E-state index contributed by atoms with van der Waals surface area (Å²) in [6, 6.07) is 7.52. The fourth-order valence-electron chi connectivity index (χ4n) is 2.80. The molecule has 0 spiro atoms. The summed E-state index contributed by atoms with van der Waals surface area (Å²) in [4.78, 5) is 2.12. The zero-order valence-electron chi connectivity index (χ0n) is 11.4. The Morgan fingerprint density at radius 2 is 2.26 bits per heavy atom. The van der Waals surface area contributed by atoms with Crippen LogP contribution in [0.25, 0.3) is 0 Å². The van der Waals surface area contributed by atoms with Crippen molar-refractivity contribution < 1.29 is 10.2 Å². The molecule has 2 unspecified atom stereocenters. The van der Waals surface area contributed by atoms with Crippen LogP contribution in [0.4, 0.5) is 5.69 Å². The molecule has 4 nitrogen and oxygen atoms in total. The second-order valence-corrected chi connectivity index (χ2v) is 5.27. The van der Waals surface area contributed by atoms with Crippen LogP contribution < -0.4 is 4.90 Å². The Bertz CT molecular complexity index is 493. The molecule has 1 aliphatic heterocycles. The monoisotopic (exact) mass is 260 g/mol. The van der Waals surface area contributed by atoms with Crippen molar-refractivity contribution in [3.63, 3.8) is 0 Å². The second-order valence-electron chi connectivity index (χ2n) is 5.27. The van der Waals surface area contributed by atoms with Gasteiger partial charge < -0.3 is 15.1 Å². The van der Waals surface area contributed by atoms with Crippen molar-refractivity contribution in [2.75, 3.05) is 18.1 Å². The van der Waals surface area contributed by atoms with Crippen molar-refractivity contribution in [2.45, 2.75) is 32.4 Å². The fraction of sp³-hybridized carbons (Fsp3) is 0.533. The molecule has 19 heavy (non-hydrogen) atoms. The zero-order chi connectivity index (χ0) is 14.0. The third-order valence-corrected chi connectivity index (χ3v) is 3.99. The molecule has 1 saturated heterocycles. The number of aliphatic hydroxyl groups excluding tert-OH is 2. The summed E-state index contributed by atoms with van der Waals surface area (Å²) in [5.74, 6) is 0.414. The van der Waals surface area contributed by atoms with Gasteiger partial charge in [0.25, 0.3) is 0 Å². The molecule has 1 aliphatic rings. The van der Waals surface area contributed by atoms with Gasteiger partial charge >= 0.3 is 0 Å². The van der Waals surface area contributed by atoms with Crippen molar-refractivity contribution in [1.29, 1.82) is 5.26 Å². The van der Waals surface area contributed by atoms with Gasteiger partial charge in [0.2, 0.25) is 0 Å². The third-order valence-electron chi connectivity index (χ3n) is 3.99. The zero-order valence-corrected chi connectivity index (χ0v) is 11.4. The predicted molar refractivity (Wildman–Crippen MR) is 73.8 cm³/mol. The molecule has 1 heterocycles. The van der Waals surface area contributed by atoms with Gasteiger partial charge in [0, 0.05) is 17.8 Å². The number of aliphatic hydroxyl groups is 2. The topological polar surface area (TPSA) is 67.5 Å². The maximum atomic E-state index is 9.88. The number of rotatable bonds is 3. The second kappa shape index (κ2) is 5.60. The molecule has 1 aromatic rings. The highest BCUT2D eigenvalue weighted by molar-refractivity contribution is 5.60. The molecule has 1 fully saturated rings. The van der Waals surface area contributed by atoms with Crippen molar-refractivity contribution in [3.05, 3.63) is 29.3 Å². The molecular weight excluding hydrogens is 240 g/mol. The van der Waals surface area contributed by atoms with E-state index in [0.29, 0.717) is 11.5 Å². The maximum absolute atomic E-state index is 9.88. The molecule has 2 N–H and O–H groups in total. The number of benzene rings is 1. The number of anilines is 1. The van der Waals surface area contributed by atoms with Gasteiger partial charge in [-0.2, -0.15) is 5.26 Å². The minimum absolute atomic E-state index is 0.0615. The van der Waals surface area contributed by atoms with E-state index in [1.165, 1.54) is 0 Å². The van der Waals surface area contributed by atoms with Gasteiger partial charge in [-0.25, -0.2) is 0 Å². The lowest BCUT2D eigenvalue weighted by molar-refractivity contribution is 0.199. The van der Waals surface area contributed by atoms with Gasteiger partial charge in [-0.1, -0.05) is 13.0 Å². The summed E-state index contributed by atoms with van der Waals surface area (Å²) in [7, 11) is 0. The Hall–Kier alpha value is -1.57. The first-order valence-electron chi connectivity index (χ1n) is 6.68. The van der Waals surface area contributed by atoms with E-state index in [1.54, 1.807) is 19.1 Å². The third kappa shape index (κ3) is 2.58. The molecule has 102 valence electrons. The average Bonchev–Trinajstić information content (AvgIpc) is 2.78. The predicted octanol–water partition coefficient (Wildman–Crippen LogP) is 1.82. The molecule has 1 aromatic carbocycles. The van der Waals surface area contributed by atoms with Crippen LogP contribution in [0.3, 0.4) is 0 Å². The van der Waals surface area contributed by atoms with E-state index in [-0.39, 0.29) is 12.6 Å². The van der Waals surface area contributed by atoms with Crippen LogP contribution in [-0.4, -0.2) is 29.4 Å². The number of hydrogen-bond donors (Lipinski definition) is 2. The number of nitriles is 1. The van der Waals surface area contributed by atoms with E-state index >= 15 is 0 Å². The Morgan fingerprint density at radius 1 is 1.53 bits per heavy atom. The lowest BCUT2D eigenvalue weighted by atomic mass is 10.0. The van der Waals surface area contributed by atoms with Crippen LogP contribution in [-0.2, 0) is 0 Å². The normalized spacial score (nSPS) is 24.3. The van der Waals surface area contributed by atoms with Crippen LogP contribution in [0.1, 0.15) is 37.5 Å². The molecule has 3 atom stereocenters. The first-order valence-corrected chi connectivity index (χ1v) is 6.68. The van der Waals surface area contributed by atoms with Gasteiger partial charge in [-0.3, -0.25) is 0 Å². The van der Waals surface area contributed by atoms with E-state index < -0.39 is 6.10 Å². The highest BCUT2D eigenvalue weighted by Gasteiger charge is 2.32. The Balaban J connectivity index is 2.45. The Labute approximate surface area is 113 Å². The Kier molecular flexibility index (Phi) is 4.08. The van der Waals surface area contributed by atoms with Crippen LogP contribution in [0.5, 0.6) is 0 Å².